The number of hydrogen-bond donors (Lipinski definition) is 4. The molecule has 1 heterocycles. The van der Waals surface area contributed by atoms with Crippen molar-refractivity contribution < 1.29 is 0 Å². The highest BCUT2D eigenvalue weighted by Gasteiger charge is 2.29. The van der Waals surface area contributed by atoms with Gasteiger partial charge in [0.25, 0.3) is 0 Å². The molecule has 7 aromatic rings. The van der Waals surface area contributed by atoms with Gasteiger partial charge < -0.3 is 16.4 Å². The van der Waals surface area contributed by atoms with E-state index < -0.39 is 0 Å². The normalized spacial score (nSPS) is 15.7. The SMILES string of the molecule is NC/C(=C\NCc1cc(-c2ccc(-c3ccccc3)cc2)cc(C2Nc3c(ccc4ccccc34)C(c3ccccc3)N2)c1)c1ccccc1. The number of nitrogens with one attached hydrogen (secondary N) is 3. The molecule has 0 aromatic heterocycles. The van der Waals surface area contributed by atoms with E-state index in [1.54, 1.807) is 0 Å². The number of rotatable bonds is 9. The van der Waals surface area contributed by atoms with Crippen molar-refractivity contribution in [3.8, 4) is 22.3 Å². The van der Waals surface area contributed by atoms with Crippen LogP contribution in [0.15, 0.2) is 176 Å². The molecule has 5 N–H and O–H groups in total. The third-order valence-corrected chi connectivity index (χ3v) is 9.65. The maximum atomic E-state index is 6.17. The molecule has 244 valence electrons. The molecule has 2 unspecified atom stereocenters. The summed E-state index contributed by atoms with van der Waals surface area (Å²) in [7, 11) is 0. The molecule has 50 heavy (non-hydrogen) atoms. The number of nitrogens with two attached hydrogens (primary N) is 1. The highest BCUT2D eigenvalue weighted by molar-refractivity contribution is 5.96. The first-order chi connectivity index (χ1) is 24.7. The highest BCUT2D eigenvalue weighted by atomic mass is 15.2. The molecule has 2 atom stereocenters. The topological polar surface area (TPSA) is 62.1 Å². The third kappa shape index (κ3) is 6.55. The summed E-state index contributed by atoms with van der Waals surface area (Å²) in [6.07, 6.45) is 1.93. The fraction of sp³-hybridized carbons (Fsp3) is 0.0870. The quantitative estimate of drug-likeness (QED) is 0.126. The van der Waals surface area contributed by atoms with E-state index in [2.05, 4.69) is 174 Å². The minimum atomic E-state index is -0.125. The summed E-state index contributed by atoms with van der Waals surface area (Å²) in [5, 5.41) is 14.0. The summed E-state index contributed by atoms with van der Waals surface area (Å²) in [5.74, 6) is 0. The largest absolute Gasteiger partial charge is 0.387 e. The van der Waals surface area contributed by atoms with E-state index in [0.29, 0.717) is 13.1 Å². The Morgan fingerprint density at radius 2 is 1.24 bits per heavy atom. The van der Waals surface area contributed by atoms with Gasteiger partial charge in [-0.2, -0.15) is 0 Å². The zero-order valence-corrected chi connectivity index (χ0v) is 27.9. The Labute approximate surface area is 294 Å². The van der Waals surface area contributed by atoms with Gasteiger partial charge in [0, 0.05) is 30.4 Å². The van der Waals surface area contributed by atoms with Crippen LogP contribution in [0.25, 0.3) is 38.6 Å². The summed E-state index contributed by atoms with van der Waals surface area (Å²) < 4.78 is 0. The Balaban J connectivity index is 1.19. The molecule has 0 amide bonds. The first kappa shape index (κ1) is 31.3. The van der Waals surface area contributed by atoms with Crippen LogP contribution in [0.4, 0.5) is 5.69 Å². The summed E-state index contributed by atoms with van der Waals surface area (Å²) in [5.41, 5.74) is 19.2. The van der Waals surface area contributed by atoms with Gasteiger partial charge in [0.15, 0.2) is 0 Å². The maximum absolute atomic E-state index is 6.17. The van der Waals surface area contributed by atoms with E-state index in [0.717, 1.165) is 11.1 Å². The van der Waals surface area contributed by atoms with Crippen LogP contribution in [0.5, 0.6) is 0 Å². The van der Waals surface area contributed by atoms with E-state index in [1.807, 2.05) is 18.2 Å². The van der Waals surface area contributed by atoms with Crippen LogP contribution in [0.1, 0.15) is 40.0 Å². The molecule has 1 aliphatic heterocycles. The number of anilines is 1. The Morgan fingerprint density at radius 1 is 0.600 bits per heavy atom. The van der Waals surface area contributed by atoms with Crippen LogP contribution in [0.2, 0.25) is 0 Å². The second-order valence-corrected chi connectivity index (χ2v) is 12.9. The minimum absolute atomic E-state index is 0.0263. The van der Waals surface area contributed by atoms with Crippen LogP contribution >= 0.6 is 0 Å². The molecule has 0 fully saturated rings. The van der Waals surface area contributed by atoms with Crippen molar-refractivity contribution in [1.29, 1.82) is 0 Å². The standard InChI is InChI=1S/C46H40N4/c47-29-41(34-14-6-2-7-15-34)31-48-30-32-26-39(36-22-20-35(21-23-36)33-12-4-1-5-13-33)28-40(27-32)46-49-44(38-17-8-3-9-18-38)43-25-24-37-16-10-11-19-42(37)45(43)50-46/h1-28,31,44,46,48-50H,29-30,47H2/b41-31+. The van der Waals surface area contributed by atoms with Gasteiger partial charge >= 0.3 is 0 Å². The van der Waals surface area contributed by atoms with Gasteiger partial charge in [-0.05, 0) is 73.2 Å². The lowest BCUT2D eigenvalue weighted by Gasteiger charge is -2.36. The monoisotopic (exact) mass is 648 g/mol. The molecular weight excluding hydrogens is 609 g/mol. The van der Waals surface area contributed by atoms with E-state index in [-0.39, 0.29) is 12.2 Å². The van der Waals surface area contributed by atoms with E-state index in [1.165, 1.54) is 61.0 Å². The number of fused-ring (bicyclic) bond motifs is 3. The highest BCUT2D eigenvalue weighted by Crippen LogP contribution is 2.41. The Hall–Kier alpha value is -5.94. The molecule has 7 aromatic carbocycles. The van der Waals surface area contributed by atoms with E-state index >= 15 is 0 Å². The van der Waals surface area contributed by atoms with Crippen molar-refractivity contribution in [3.63, 3.8) is 0 Å². The zero-order chi connectivity index (χ0) is 33.7. The van der Waals surface area contributed by atoms with Crippen LogP contribution in [0, 0.1) is 0 Å². The first-order valence-electron chi connectivity index (χ1n) is 17.3. The molecule has 1 aliphatic rings. The van der Waals surface area contributed by atoms with Gasteiger partial charge in [0.05, 0.1) is 6.04 Å². The second kappa shape index (κ2) is 14.3. The Bertz CT molecular complexity index is 2240. The van der Waals surface area contributed by atoms with Crippen molar-refractivity contribution in [3.05, 3.63) is 204 Å². The molecule has 0 saturated carbocycles. The van der Waals surface area contributed by atoms with Crippen molar-refractivity contribution in [1.82, 2.24) is 10.6 Å². The molecule has 0 spiro atoms. The molecule has 0 aliphatic carbocycles. The van der Waals surface area contributed by atoms with Gasteiger partial charge in [-0.1, -0.05) is 158 Å². The predicted molar refractivity (Wildman–Crippen MR) is 209 cm³/mol. The molecule has 0 saturated heterocycles. The predicted octanol–water partition coefficient (Wildman–Crippen LogP) is 10.1. The molecule has 4 nitrogen and oxygen atoms in total. The van der Waals surface area contributed by atoms with Crippen LogP contribution in [-0.4, -0.2) is 6.54 Å². The van der Waals surface area contributed by atoms with Crippen molar-refractivity contribution >= 4 is 22.0 Å². The average Bonchev–Trinajstić information content (AvgIpc) is 3.20. The molecule has 0 radical (unpaired) electrons. The summed E-state index contributed by atoms with van der Waals surface area (Å²) in [4.78, 5) is 0. The summed E-state index contributed by atoms with van der Waals surface area (Å²) >= 11 is 0. The van der Waals surface area contributed by atoms with Crippen LogP contribution < -0.4 is 21.7 Å². The van der Waals surface area contributed by atoms with E-state index in [9.17, 15) is 0 Å². The fourth-order valence-corrected chi connectivity index (χ4v) is 7.08. The Morgan fingerprint density at radius 3 is 1.98 bits per heavy atom. The van der Waals surface area contributed by atoms with Gasteiger partial charge in [0.1, 0.15) is 6.17 Å². The van der Waals surface area contributed by atoms with Crippen molar-refractivity contribution in [2.24, 2.45) is 5.73 Å². The third-order valence-electron chi connectivity index (χ3n) is 9.65. The first-order valence-corrected chi connectivity index (χ1v) is 17.3. The van der Waals surface area contributed by atoms with Crippen molar-refractivity contribution in [2.75, 3.05) is 11.9 Å². The van der Waals surface area contributed by atoms with Crippen molar-refractivity contribution in [2.45, 2.75) is 18.8 Å². The van der Waals surface area contributed by atoms with Crippen LogP contribution in [0.3, 0.4) is 0 Å². The summed E-state index contributed by atoms with van der Waals surface area (Å²) in [6, 6.07) is 60.6. The lowest BCUT2D eigenvalue weighted by atomic mass is 9.90. The lowest BCUT2D eigenvalue weighted by Crippen LogP contribution is -2.37. The van der Waals surface area contributed by atoms with E-state index in [4.69, 9.17) is 5.73 Å². The number of hydrogen-bond acceptors (Lipinski definition) is 4. The average molecular weight is 649 g/mol. The molecular formula is C46H40N4. The maximum Gasteiger partial charge on any atom is 0.104 e. The van der Waals surface area contributed by atoms with Gasteiger partial charge in [-0.15, -0.1) is 0 Å². The van der Waals surface area contributed by atoms with Crippen LogP contribution in [-0.2, 0) is 6.54 Å². The van der Waals surface area contributed by atoms with Gasteiger partial charge in [-0.25, -0.2) is 0 Å². The van der Waals surface area contributed by atoms with Gasteiger partial charge in [0.2, 0.25) is 0 Å². The second-order valence-electron chi connectivity index (χ2n) is 12.9. The molecule has 8 rings (SSSR count). The number of benzene rings is 7. The molecule has 0 bridgehead atoms. The fourth-order valence-electron chi connectivity index (χ4n) is 7.08. The zero-order valence-electron chi connectivity index (χ0n) is 27.9. The Kier molecular flexibility index (Phi) is 8.94. The minimum Gasteiger partial charge on any atom is -0.387 e. The van der Waals surface area contributed by atoms with Gasteiger partial charge in [-0.3, -0.25) is 5.32 Å². The summed E-state index contributed by atoms with van der Waals surface area (Å²) in [6.45, 7) is 1.12. The molecule has 4 heteroatoms. The smallest absolute Gasteiger partial charge is 0.104 e. The lowest BCUT2D eigenvalue weighted by molar-refractivity contribution is 0.507.